The van der Waals surface area contributed by atoms with Crippen LogP contribution in [0.1, 0.15) is 33.1 Å². The van der Waals surface area contributed by atoms with Crippen LogP contribution in [-0.4, -0.2) is 98.6 Å². The zero-order valence-corrected chi connectivity index (χ0v) is 18.8. The molecule has 0 radical (unpaired) electrons. The van der Waals surface area contributed by atoms with Crippen LogP contribution in [-0.2, 0) is 4.79 Å². The molecule has 0 unspecified atom stereocenters. The fourth-order valence-electron chi connectivity index (χ4n) is 3.40. The van der Waals surface area contributed by atoms with Gasteiger partial charge in [0.05, 0.1) is 0 Å². The quantitative estimate of drug-likeness (QED) is 0.222. The number of guanidine groups is 1. The van der Waals surface area contributed by atoms with Crippen LogP contribution in [0.3, 0.4) is 0 Å². The van der Waals surface area contributed by atoms with E-state index >= 15 is 0 Å². The Morgan fingerprint density at radius 3 is 2.38 bits per heavy atom. The van der Waals surface area contributed by atoms with Gasteiger partial charge in [-0.1, -0.05) is 6.92 Å². The lowest BCUT2D eigenvalue weighted by molar-refractivity contribution is -0.127. The number of carbonyl (C=O) groups excluding carboxylic acids is 1. The van der Waals surface area contributed by atoms with Gasteiger partial charge in [-0.25, -0.2) is 0 Å². The summed E-state index contributed by atoms with van der Waals surface area (Å²) in [5.41, 5.74) is 0. The standard InChI is InChI=1S/C18H36N6O.HI/c1-3-19-18(20-8-6-11-24-10-5-7-17(24)25)21-9-12-23-15-13-22(4-2)14-16-23;/h3-16H2,1-2H3,(H2,19,20,21);1H. The number of likely N-dealkylation sites (tertiary alicyclic amines) is 1. The van der Waals surface area contributed by atoms with E-state index < -0.39 is 0 Å². The first kappa shape index (κ1) is 23.4. The van der Waals surface area contributed by atoms with Gasteiger partial charge in [-0.3, -0.25) is 14.7 Å². The minimum Gasteiger partial charge on any atom is -0.357 e. The Morgan fingerprint density at radius 2 is 1.77 bits per heavy atom. The molecule has 8 heteroatoms. The molecule has 0 saturated carbocycles. The fraction of sp³-hybridized carbons (Fsp3) is 0.889. The molecule has 0 bridgehead atoms. The first-order chi connectivity index (χ1) is 12.2. The van der Waals surface area contributed by atoms with Crippen LogP contribution < -0.4 is 10.6 Å². The van der Waals surface area contributed by atoms with Crippen molar-refractivity contribution >= 4 is 35.8 Å². The number of hydrogen-bond acceptors (Lipinski definition) is 4. The van der Waals surface area contributed by atoms with Crippen LogP contribution in [0.25, 0.3) is 0 Å². The van der Waals surface area contributed by atoms with Gasteiger partial charge < -0.3 is 20.4 Å². The van der Waals surface area contributed by atoms with Crippen LogP contribution in [0.4, 0.5) is 0 Å². The van der Waals surface area contributed by atoms with E-state index in [1.807, 2.05) is 4.90 Å². The predicted molar refractivity (Wildman–Crippen MR) is 118 cm³/mol. The average Bonchev–Trinajstić information content (AvgIpc) is 3.04. The lowest BCUT2D eigenvalue weighted by Crippen LogP contribution is -2.49. The van der Waals surface area contributed by atoms with Gasteiger partial charge >= 0.3 is 0 Å². The van der Waals surface area contributed by atoms with E-state index in [2.05, 4.69) is 39.3 Å². The summed E-state index contributed by atoms with van der Waals surface area (Å²) in [4.78, 5) is 23.2. The van der Waals surface area contributed by atoms with Gasteiger partial charge in [-0.05, 0) is 26.3 Å². The van der Waals surface area contributed by atoms with Crippen LogP contribution in [0.15, 0.2) is 4.99 Å². The highest BCUT2D eigenvalue weighted by Gasteiger charge is 2.19. The highest BCUT2D eigenvalue weighted by atomic mass is 127. The molecule has 0 aromatic heterocycles. The number of amides is 1. The summed E-state index contributed by atoms with van der Waals surface area (Å²) in [6, 6.07) is 0. The summed E-state index contributed by atoms with van der Waals surface area (Å²) in [6.07, 6.45) is 2.67. The molecule has 2 heterocycles. The second-order valence-electron chi connectivity index (χ2n) is 6.80. The Morgan fingerprint density at radius 1 is 1.04 bits per heavy atom. The molecule has 2 aliphatic heterocycles. The van der Waals surface area contributed by atoms with Crippen molar-refractivity contribution in [2.75, 3.05) is 72.0 Å². The van der Waals surface area contributed by atoms with Gasteiger partial charge in [0.15, 0.2) is 5.96 Å². The second kappa shape index (κ2) is 13.5. The third-order valence-electron chi connectivity index (χ3n) is 5.00. The van der Waals surface area contributed by atoms with Crippen LogP contribution in [0.5, 0.6) is 0 Å². The summed E-state index contributed by atoms with van der Waals surface area (Å²) in [5.74, 6) is 1.19. The fourth-order valence-corrected chi connectivity index (χ4v) is 3.40. The molecular formula is C18H37IN6O. The van der Waals surface area contributed by atoms with E-state index in [9.17, 15) is 4.79 Å². The molecule has 2 saturated heterocycles. The molecule has 2 fully saturated rings. The first-order valence-corrected chi connectivity index (χ1v) is 9.97. The minimum absolute atomic E-state index is 0. The van der Waals surface area contributed by atoms with Crippen LogP contribution in [0.2, 0.25) is 0 Å². The molecule has 152 valence electrons. The van der Waals surface area contributed by atoms with E-state index in [-0.39, 0.29) is 24.0 Å². The van der Waals surface area contributed by atoms with E-state index in [1.54, 1.807) is 0 Å². The number of aliphatic imine (C=N–C) groups is 1. The normalized spacial score (nSPS) is 19.5. The maximum atomic E-state index is 11.6. The molecule has 2 rings (SSSR count). The van der Waals surface area contributed by atoms with Gasteiger partial charge in [-0.15, -0.1) is 24.0 Å². The third-order valence-corrected chi connectivity index (χ3v) is 5.00. The number of nitrogens with one attached hydrogen (secondary N) is 2. The largest absolute Gasteiger partial charge is 0.357 e. The second-order valence-corrected chi connectivity index (χ2v) is 6.80. The molecule has 2 aliphatic rings. The summed E-state index contributed by atoms with van der Waals surface area (Å²) in [7, 11) is 0. The van der Waals surface area contributed by atoms with Crippen molar-refractivity contribution in [2.24, 2.45) is 4.99 Å². The zero-order valence-electron chi connectivity index (χ0n) is 16.5. The molecule has 0 spiro atoms. The SMILES string of the molecule is CCNC(=NCCCN1CCCC1=O)NCCN1CCN(CC)CC1.I. The number of likely N-dealkylation sites (N-methyl/N-ethyl adjacent to an activating group) is 1. The predicted octanol–water partition coefficient (Wildman–Crippen LogP) is 0.810. The first-order valence-electron chi connectivity index (χ1n) is 9.97. The van der Waals surface area contributed by atoms with E-state index in [4.69, 9.17) is 0 Å². The van der Waals surface area contributed by atoms with Crippen molar-refractivity contribution in [2.45, 2.75) is 33.1 Å². The molecule has 1 amide bonds. The van der Waals surface area contributed by atoms with E-state index in [0.29, 0.717) is 5.91 Å². The maximum Gasteiger partial charge on any atom is 0.222 e. The molecule has 7 nitrogen and oxygen atoms in total. The summed E-state index contributed by atoms with van der Waals surface area (Å²) < 4.78 is 0. The van der Waals surface area contributed by atoms with Crippen molar-refractivity contribution in [3.05, 3.63) is 0 Å². The number of piperazine rings is 1. The molecule has 0 atom stereocenters. The van der Waals surface area contributed by atoms with Gasteiger partial charge in [-0.2, -0.15) is 0 Å². The van der Waals surface area contributed by atoms with Crippen molar-refractivity contribution in [3.8, 4) is 0 Å². The Balaban J connectivity index is 0.00000338. The molecule has 0 aromatic rings. The highest BCUT2D eigenvalue weighted by molar-refractivity contribution is 14.0. The topological polar surface area (TPSA) is 63.2 Å². The van der Waals surface area contributed by atoms with Gasteiger partial charge in [0.2, 0.25) is 5.91 Å². The monoisotopic (exact) mass is 480 g/mol. The Hall–Kier alpha value is -0.610. The number of nitrogens with zero attached hydrogens (tertiary/aromatic N) is 4. The van der Waals surface area contributed by atoms with Crippen molar-refractivity contribution < 1.29 is 4.79 Å². The molecule has 2 N–H and O–H groups in total. The van der Waals surface area contributed by atoms with E-state index in [0.717, 1.165) is 84.1 Å². The van der Waals surface area contributed by atoms with Crippen LogP contribution in [0, 0.1) is 0 Å². The average molecular weight is 480 g/mol. The highest BCUT2D eigenvalue weighted by Crippen LogP contribution is 2.09. The third kappa shape index (κ3) is 8.39. The molecule has 0 aromatic carbocycles. The number of halogens is 1. The van der Waals surface area contributed by atoms with Crippen LogP contribution >= 0.6 is 24.0 Å². The van der Waals surface area contributed by atoms with Crippen molar-refractivity contribution in [1.82, 2.24) is 25.3 Å². The molecule has 26 heavy (non-hydrogen) atoms. The lowest BCUT2D eigenvalue weighted by Gasteiger charge is -2.34. The van der Waals surface area contributed by atoms with Crippen molar-refractivity contribution in [1.29, 1.82) is 0 Å². The summed E-state index contributed by atoms with van der Waals surface area (Å²) in [5, 5.41) is 6.74. The van der Waals surface area contributed by atoms with Gasteiger partial charge in [0.25, 0.3) is 0 Å². The van der Waals surface area contributed by atoms with Gasteiger partial charge in [0, 0.05) is 71.9 Å². The number of carbonyl (C=O) groups is 1. The Bertz CT molecular complexity index is 426. The minimum atomic E-state index is 0. The maximum absolute atomic E-state index is 11.6. The number of rotatable bonds is 9. The summed E-state index contributed by atoms with van der Waals surface area (Å²) in [6.45, 7) is 15.5. The Labute approximate surface area is 176 Å². The molecule has 0 aliphatic carbocycles. The van der Waals surface area contributed by atoms with Gasteiger partial charge in [0.1, 0.15) is 0 Å². The Kier molecular flexibility index (Phi) is 12.2. The summed E-state index contributed by atoms with van der Waals surface area (Å²) >= 11 is 0. The van der Waals surface area contributed by atoms with E-state index in [1.165, 1.54) is 13.1 Å². The smallest absolute Gasteiger partial charge is 0.222 e. The molecular weight excluding hydrogens is 443 g/mol. The number of hydrogen-bond donors (Lipinski definition) is 2. The van der Waals surface area contributed by atoms with Crippen molar-refractivity contribution in [3.63, 3.8) is 0 Å². The lowest BCUT2D eigenvalue weighted by atomic mass is 10.3. The zero-order chi connectivity index (χ0) is 17.9.